The van der Waals surface area contributed by atoms with Gasteiger partial charge in [0.2, 0.25) is 0 Å². The standard InChI is InChI=1S/C9H20N.C5H12N.C3H7.In/c1-5-7-10(8-6-2)9(3)4;1-4-5-6(2)3;1-3-2;/h9H,1,5-8H2,2-4H3;1,4-5H2,2-3H3;1,3H2,2H3;. The molecule has 0 N–H and O–H groups in total. The average molecular weight is 386 g/mol. The maximum atomic E-state index is 2.68. The Morgan fingerprint density at radius 2 is 1.40 bits per heavy atom. The molecule has 0 aromatic rings. The molecule has 3 heteroatoms. The Labute approximate surface area is 136 Å². The Bertz CT molecular complexity index is 207. The van der Waals surface area contributed by atoms with Crippen molar-refractivity contribution in [3.63, 3.8) is 0 Å². The van der Waals surface area contributed by atoms with E-state index in [4.69, 9.17) is 0 Å². The van der Waals surface area contributed by atoms with Crippen LogP contribution in [0.5, 0.6) is 0 Å². The molecule has 0 aliphatic carbocycles. The zero-order chi connectivity index (χ0) is 15.4. The van der Waals surface area contributed by atoms with Crippen molar-refractivity contribution in [3.05, 3.63) is 0 Å². The van der Waals surface area contributed by atoms with Gasteiger partial charge in [0.15, 0.2) is 0 Å². The summed E-state index contributed by atoms with van der Waals surface area (Å²) in [4.78, 5) is 5.02. The second-order valence-electron chi connectivity index (χ2n) is 6.87. The molecule has 0 spiro atoms. The summed E-state index contributed by atoms with van der Waals surface area (Å²) in [5.74, 6) is 0. The van der Waals surface area contributed by atoms with Crippen LogP contribution in [0.25, 0.3) is 0 Å². The Balaban J connectivity index is 3.93. The average Bonchev–Trinajstić information content (AvgIpc) is 2.37. The van der Waals surface area contributed by atoms with Gasteiger partial charge >= 0.3 is 137 Å². The molecule has 20 heavy (non-hydrogen) atoms. The molecule has 0 saturated carbocycles. The molecule has 0 aromatic carbocycles. The summed E-state index contributed by atoms with van der Waals surface area (Å²) in [6, 6.07) is 0.725. The first-order valence-electron chi connectivity index (χ1n) is 8.89. The maximum absolute atomic E-state index is 2.68. The van der Waals surface area contributed by atoms with Crippen LogP contribution in [0.3, 0.4) is 0 Å². The molecule has 0 fully saturated rings. The van der Waals surface area contributed by atoms with Gasteiger partial charge in [-0.1, -0.05) is 0 Å². The van der Waals surface area contributed by atoms with E-state index in [1.165, 1.54) is 45.3 Å². The molecule has 0 rings (SSSR count). The van der Waals surface area contributed by atoms with Crippen LogP contribution >= 0.6 is 0 Å². The fourth-order valence-corrected chi connectivity index (χ4v) is 12.2. The van der Waals surface area contributed by atoms with Crippen LogP contribution in [0.2, 0.25) is 12.5 Å². The Kier molecular flexibility index (Phi) is 14.0. The number of nitrogens with zero attached hydrogens (tertiary/aromatic N) is 2. The predicted octanol–water partition coefficient (Wildman–Crippen LogP) is 4.35. The predicted molar refractivity (Wildman–Crippen MR) is 95.3 cm³/mol. The summed E-state index contributed by atoms with van der Waals surface area (Å²) in [5, 5.41) is 0. The van der Waals surface area contributed by atoms with E-state index in [2.05, 4.69) is 51.6 Å². The van der Waals surface area contributed by atoms with Gasteiger partial charge in [-0.3, -0.25) is 0 Å². The van der Waals surface area contributed by atoms with Crippen molar-refractivity contribution in [1.82, 2.24) is 9.80 Å². The normalized spacial score (nSPS) is 11.8. The van der Waals surface area contributed by atoms with Gasteiger partial charge in [0.1, 0.15) is 0 Å². The van der Waals surface area contributed by atoms with E-state index < -0.39 is 21.4 Å². The summed E-state index contributed by atoms with van der Waals surface area (Å²) in [5.41, 5.74) is 0. The topological polar surface area (TPSA) is 6.48 Å². The van der Waals surface area contributed by atoms with Crippen LogP contribution < -0.4 is 0 Å². The van der Waals surface area contributed by atoms with Crippen LogP contribution in [0.1, 0.15) is 53.4 Å². The van der Waals surface area contributed by atoms with Gasteiger partial charge in [-0.15, -0.1) is 0 Å². The summed E-state index contributed by atoms with van der Waals surface area (Å²) in [6.45, 7) is 13.3. The molecule has 0 radical (unpaired) electrons. The van der Waals surface area contributed by atoms with E-state index in [-0.39, 0.29) is 0 Å². The van der Waals surface area contributed by atoms with Crippen LogP contribution in [-0.4, -0.2) is 71.0 Å². The molecule has 0 heterocycles. The molecule has 120 valence electrons. The van der Waals surface area contributed by atoms with Crippen LogP contribution in [-0.2, 0) is 0 Å². The first kappa shape index (κ1) is 20.8. The van der Waals surface area contributed by atoms with E-state index in [1.807, 2.05) is 0 Å². The molecule has 0 unspecified atom stereocenters. The number of rotatable bonds is 13. The second-order valence-corrected chi connectivity index (χ2v) is 16.8. The van der Waals surface area contributed by atoms with E-state index in [1.54, 1.807) is 12.5 Å². The molecule has 2 nitrogen and oxygen atoms in total. The molecule has 0 bridgehead atoms. The minimum atomic E-state index is -1.18. The monoisotopic (exact) mass is 386 g/mol. The van der Waals surface area contributed by atoms with Crippen molar-refractivity contribution in [3.8, 4) is 0 Å². The van der Waals surface area contributed by atoms with Gasteiger partial charge in [-0.05, 0) is 0 Å². The molecule has 0 atom stereocenters. The molecular weight excluding hydrogens is 347 g/mol. The van der Waals surface area contributed by atoms with Gasteiger partial charge in [-0.25, -0.2) is 0 Å². The number of hydrogen-bond donors (Lipinski definition) is 0. The van der Waals surface area contributed by atoms with Crippen molar-refractivity contribution in [2.75, 3.05) is 33.7 Å². The van der Waals surface area contributed by atoms with Gasteiger partial charge in [0.05, 0.1) is 0 Å². The Morgan fingerprint density at radius 3 is 1.85 bits per heavy atom. The van der Waals surface area contributed by atoms with E-state index in [0.29, 0.717) is 0 Å². The summed E-state index contributed by atoms with van der Waals surface area (Å²) < 4.78 is 4.89. The third-order valence-corrected chi connectivity index (χ3v) is 15.2. The molecule has 0 amide bonds. The fraction of sp³-hybridized carbons (Fsp3) is 1.00. The number of hydrogen-bond acceptors (Lipinski definition) is 2. The zero-order valence-electron chi connectivity index (χ0n) is 15.1. The quantitative estimate of drug-likeness (QED) is 0.464. The second kappa shape index (κ2) is 13.5. The first-order chi connectivity index (χ1) is 9.51. The Morgan fingerprint density at radius 1 is 0.800 bits per heavy atom. The summed E-state index contributed by atoms with van der Waals surface area (Å²) in [6.07, 6.45) is 5.66. The Hall–Kier alpha value is 0.790. The van der Waals surface area contributed by atoms with Crippen LogP contribution in [0.15, 0.2) is 0 Å². The minimum absolute atomic E-state index is 0.725. The van der Waals surface area contributed by atoms with Crippen molar-refractivity contribution in [1.29, 1.82) is 0 Å². The van der Waals surface area contributed by atoms with Crippen molar-refractivity contribution < 1.29 is 0 Å². The molecule has 0 aliphatic rings. The van der Waals surface area contributed by atoms with Crippen LogP contribution in [0, 0.1) is 0 Å². The van der Waals surface area contributed by atoms with Crippen LogP contribution in [0.4, 0.5) is 0 Å². The van der Waals surface area contributed by atoms with Gasteiger partial charge in [-0.2, -0.15) is 0 Å². The van der Waals surface area contributed by atoms with Crippen molar-refractivity contribution >= 4 is 21.4 Å². The van der Waals surface area contributed by atoms with E-state index in [0.717, 1.165) is 6.04 Å². The third-order valence-electron chi connectivity index (χ3n) is 4.21. The van der Waals surface area contributed by atoms with Gasteiger partial charge in [0, 0.05) is 0 Å². The molecule has 0 aliphatic heterocycles. The van der Waals surface area contributed by atoms with Crippen molar-refractivity contribution in [2.24, 2.45) is 0 Å². The molecule has 0 aromatic heterocycles. The molecule has 0 saturated heterocycles. The summed E-state index contributed by atoms with van der Waals surface area (Å²) in [7, 11) is 4.41. The van der Waals surface area contributed by atoms with E-state index >= 15 is 0 Å². The van der Waals surface area contributed by atoms with Crippen molar-refractivity contribution in [2.45, 2.75) is 72.0 Å². The fourth-order valence-electron chi connectivity index (χ4n) is 3.04. The SMILES string of the molecule is CCCN(CC[CH2][In]([CH2]CC)[CH2]CCN(C)C)C(C)C. The third kappa shape index (κ3) is 11.4. The van der Waals surface area contributed by atoms with Gasteiger partial charge in [0.25, 0.3) is 0 Å². The first-order valence-corrected chi connectivity index (χ1v) is 15.9. The molecular formula is C17H39InN2. The van der Waals surface area contributed by atoms with Gasteiger partial charge < -0.3 is 0 Å². The zero-order valence-corrected chi connectivity index (χ0v) is 18.4. The summed E-state index contributed by atoms with van der Waals surface area (Å²) >= 11 is -1.18. The van der Waals surface area contributed by atoms with E-state index in [9.17, 15) is 0 Å².